The van der Waals surface area contributed by atoms with Crippen molar-refractivity contribution in [1.29, 1.82) is 10.5 Å². The van der Waals surface area contributed by atoms with Gasteiger partial charge in [0.1, 0.15) is 6.07 Å². The zero-order chi connectivity index (χ0) is 27.8. The Morgan fingerprint density at radius 3 is 1.68 bits per heavy atom. The number of benzene rings is 3. The number of aromatic nitrogens is 5. The van der Waals surface area contributed by atoms with Gasteiger partial charge in [0, 0.05) is 39.9 Å². The van der Waals surface area contributed by atoms with E-state index < -0.39 is 0 Å². The molecule has 0 aliphatic heterocycles. The number of fused-ring (bicyclic) bond motifs is 3. The molecule has 4 aromatic heterocycles. The molecule has 0 aliphatic rings. The average molecular weight is 526 g/mol. The molecule has 0 unspecified atom stereocenters. The van der Waals surface area contributed by atoms with Crippen molar-refractivity contribution < 1.29 is 0 Å². The summed E-state index contributed by atoms with van der Waals surface area (Å²) >= 11 is 0. The van der Waals surface area contributed by atoms with E-state index >= 15 is 0 Å². The molecule has 190 valence electrons. The van der Waals surface area contributed by atoms with Gasteiger partial charge in [0.05, 0.1) is 57.7 Å². The van der Waals surface area contributed by atoms with E-state index in [1.807, 2.05) is 83.4 Å². The summed E-state index contributed by atoms with van der Waals surface area (Å²) in [5.74, 6) is 0.400. The van der Waals surface area contributed by atoms with Gasteiger partial charge in [0.25, 0.3) is 0 Å². The van der Waals surface area contributed by atoms with Crippen LogP contribution in [0.1, 0.15) is 11.1 Å². The fourth-order valence-corrected chi connectivity index (χ4v) is 5.23. The van der Waals surface area contributed by atoms with Crippen LogP contribution in [0.25, 0.3) is 61.4 Å². The van der Waals surface area contributed by atoms with Crippen LogP contribution in [0.2, 0.25) is 0 Å². The molecule has 0 spiro atoms. The minimum atomic E-state index is 0.320. The number of rotatable bonds is 4. The highest BCUT2D eigenvalue weighted by Crippen LogP contribution is 2.38. The predicted octanol–water partition coefficient (Wildman–Crippen LogP) is 7.11. The summed E-state index contributed by atoms with van der Waals surface area (Å²) in [5.41, 5.74) is 6.71. The topological polar surface area (TPSA) is 104 Å². The lowest BCUT2D eigenvalue weighted by molar-refractivity contribution is 1.12. The molecule has 3 aromatic carbocycles. The molecule has 0 amide bonds. The van der Waals surface area contributed by atoms with E-state index in [4.69, 9.17) is 9.97 Å². The lowest BCUT2D eigenvalue weighted by Gasteiger charge is -2.16. The molecule has 0 radical (unpaired) electrons. The first-order chi connectivity index (χ1) is 20.2. The third-order valence-corrected chi connectivity index (χ3v) is 7.06. The van der Waals surface area contributed by atoms with E-state index in [-0.39, 0.29) is 0 Å². The molecule has 0 aliphatic carbocycles. The minimum absolute atomic E-state index is 0.320. The first-order valence-electron chi connectivity index (χ1n) is 12.9. The molecule has 0 bridgehead atoms. The maximum atomic E-state index is 10.4. The van der Waals surface area contributed by atoms with Crippen molar-refractivity contribution in [2.45, 2.75) is 0 Å². The SMILES string of the molecule is N#Cc1cc(C#N)c(-n2c3cnccc3c3ccncc32)c(-c2nc(-c3ccccc3)cc(-c3ccccc3)n2)c1. The van der Waals surface area contributed by atoms with E-state index in [9.17, 15) is 10.5 Å². The standard InChI is InChI=1S/C34H19N7/c35-18-22-15-25(19-36)33(41-31-20-37-13-11-26(31)27-12-14-38-21-32(27)41)28(16-22)34-39-29(23-7-3-1-4-8-23)17-30(40-34)24-9-5-2-6-10-24/h1-17,20-21H. The van der Waals surface area contributed by atoms with Gasteiger partial charge in [-0.2, -0.15) is 10.5 Å². The van der Waals surface area contributed by atoms with Gasteiger partial charge in [-0.15, -0.1) is 0 Å². The molecule has 41 heavy (non-hydrogen) atoms. The fourth-order valence-electron chi connectivity index (χ4n) is 5.23. The Morgan fingerprint density at radius 2 is 1.17 bits per heavy atom. The van der Waals surface area contributed by atoms with Crippen LogP contribution in [0.5, 0.6) is 0 Å². The van der Waals surface area contributed by atoms with E-state index in [1.165, 1.54) is 0 Å². The minimum Gasteiger partial charge on any atom is -0.304 e. The molecule has 7 rings (SSSR count). The highest BCUT2D eigenvalue weighted by atomic mass is 15.0. The lowest BCUT2D eigenvalue weighted by Crippen LogP contribution is -2.05. The van der Waals surface area contributed by atoms with Crippen LogP contribution in [0.4, 0.5) is 0 Å². The molecule has 7 aromatic rings. The van der Waals surface area contributed by atoms with E-state index in [1.54, 1.807) is 36.9 Å². The summed E-state index contributed by atoms with van der Waals surface area (Å²) in [4.78, 5) is 18.8. The molecule has 0 fully saturated rings. The lowest BCUT2D eigenvalue weighted by atomic mass is 10.0. The third kappa shape index (κ3) is 4.06. The molecular weight excluding hydrogens is 506 g/mol. The molecule has 0 atom stereocenters. The van der Waals surface area contributed by atoms with Crippen molar-refractivity contribution in [3.8, 4) is 51.7 Å². The van der Waals surface area contributed by atoms with Crippen molar-refractivity contribution in [2.24, 2.45) is 0 Å². The normalized spacial score (nSPS) is 10.9. The molecule has 0 N–H and O–H groups in total. The number of hydrogen-bond donors (Lipinski definition) is 0. The first-order valence-corrected chi connectivity index (χ1v) is 12.9. The number of nitrogens with zero attached hydrogens (tertiary/aromatic N) is 7. The van der Waals surface area contributed by atoms with Gasteiger partial charge >= 0.3 is 0 Å². The zero-order valence-electron chi connectivity index (χ0n) is 21.6. The molecule has 7 nitrogen and oxygen atoms in total. The van der Waals surface area contributed by atoms with Crippen LogP contribution >= 0.6 is 0 Å². The predicted molar refractivity (Wildman–Crippen MR) is 158 cm³/mol. The summed E-state index contributed by atoms with van der Waals surface area (Å²) in [6, 6.07) is 33.5. The second-order valence-electron chi connectivity index (χ2n) is 9.46. The van der Waals surface area contributed by atoms with Crippen LogP contribution in [0, 0.1) is 22.7 Å². The largest absolute Gasteiger partial charge is 0.304 e. The Morgan fingerprint density at radius 1 is 0.610 bits per heavy atom. The third-order valence-electron chi connectivity index (χ3n) is 7.06. The van der Waals surface area contributed by atoms with Crippen LogP contribution in [0.15, 0.2) is 116 Å². The summed E-state index contributed by atoms with van der Waals surface area (Å²) in [6.45, 7) is 0. The molecule has 7 heteroatoms. The Balaban J connectivity index is 1.61. The zero-order valence-corrected chi connectivity index (χ0v) is 21.6. The number of nitriles is 2. The van der Waals surface area contributed by atoms with Crippen LogP contribution < -0.4 is 0 Å². The van der Waals surface area contributed by atoms with Crippen LogP contribution in [-0.4, -0.2) is 24.5 Å². The van der Waals surface area contributed by atoms with Gasteiger partial charge in [0.2, 0.25) is 0 Å². The van der Waals surface area contributed by atoms with Gasteiger partial charge < -0.3 is 4.57 Å². The molecular formula is C34H19N7. The Kier molecular flexibility index (Phi) is 5.74. The highest BCUT2D eigenvalue weighted by molar-refractivity contribution is 6.09. The summed E-state index contributed by atoms with van der Waals surface area (Å²) < 4.78 is 1.97. The molecule has 0 saturated carbocycles. The monoisotopic (exact) mass is 525 g/mol. The Bertz CT molecular complexity index is 2060. The second kappa shape index (κ2) is 9.85. The van der Waals surface area contributed by atoms with Crippen LogP contribution in [0.3, 0.4) is 0 Å². The smallest absolute Gasteiger partial charge is 0.162 e. The maximum Gasteiger partial charge on any atom is 0.162 e. The van der Waals surface area contributed by atoms with Gasteiger partial charge in [-0.1, -0.05) is 60.7 Å². The first kappa shape index (κ1) is 23.9. The van der Waals surface area contributed by atoms with Crippen molar-refractivity contribution in [1.82, 2.24) is 24.5 Å². The second-order valence-corrected chi connectivity index (χ2v) is 9.46. The molecule has 4 heterocycles. The maximum absolute atomic E-state index is 10.4. The van der Waals surface area contributed by atoms with Gasteiger partial charge in [-0.25, -0.2) is 9.97 Å². The van der Waals surface area contributed by atoms with Crippen molar-refractivity contribution >= 4 is 21.8 Å². The summed E-state index contributed by atoms with van der Waals surface area (Å²) in [6.07, 6.45) is 7.04. The average Bonchev–Trinajstić information content (AvgIpc) is 3.38. The van der Waals surface area contributed by atoms with Crippen LogP contribution in [-0.2, 0) is 0 Å². The fraction of sp³-hybridized carbons (Fsp3) is 0. The van der Waals surface area contributed by atoms with Crippen molar-refractivity contribution in [3.05, 3.63) is 127 Å². The quantitative estimate of drug-likeness (QED) is 0.243. The summed E-state index contributed by atoms with van der Waals surface area (Å²) in [7, 11) is 0. The van der Waals surface area contributed by atoms with E-state index in [2.05, 4.69) is 22.1 Å². The number of hydrogen-bond acceptors (Lipinski definition) is 6. The van der Waals surface area contributed by atoms with Gasteiger partial charge in [-0.05, 0) is 30.3 Å². The van der Waals surface area contributed by atoms with Gasteiger partial charge in [-0.3, -0.25) is 9.97 Å². The van der Waals surface area contributed by atoms with Crippen molar-refractivity contribution in [2.75, 3.05) is 0 Å². The number of pyridine rings is 2. The highest BCUT2D eigenvalue weighted by Gasteiger charge is 2.23. The van der Waals surface area contributed by atoms with Crippen molar-refractivity contribution in [3.63, 3.8) is 0 Å². The van der Waals surface area contributed by atoms with E-state index in [0.29, 0.717) is 28.2 Å². The van der Waals surface area contributed by atoms with Gasteiger partial charge in [0.15, 0.2) is 5.82 Å². The Hall–Kier alpha value is -6.18. The molecule has 0 saturated heterocycles. The van der Waals surface area contributed by atoms with E-state index in [0.717, 1.165) is 44.3 Å². The Labute approximate surface area is 235 Å². The summed E-state index contributed by atoms with van der Waals surface area (Å²) in [5, 5.41) is 22.3.